The van der Waals surface area contributed by atoms with Crippen molar-refractivity contribution >= 4 is 5.91 Å². The molecule has 26 heavy (non-hydrogen) atoms. The Bertz CT molecular complexity index is 950. The molecule has 0 fully saturated rings. The SMILES string of the molecule is COc1cccc(C(=O)N2CCn3cccc3C2c2cccc(F)c2)c1. The van der Waals surface area contributed by atoms with Crippen molar-refractivity contribution in [3.05, 3.63) is 89.5 Å². The van der Waals surface area contributed by atoms with Gasteiger partial charge in [-0.25, -0.2) is 4.39 Å². The maximum absolute atomic E-state index is 13.8. The van der Waals surface area contributed by atoms with Gasteiger partial charge in [-0.1, -0.05) is 18.2 Å². The molecule has 1 amide bonds. The average molecular weight is 350 g/mol. The number of aromatic nitrogens is 1. The molecule has 0 N–H and O–H groups in total. The van der Waals surface area contributed by atoms with E-state index in [2.05, 4.69) is 4.57 Å². The number of benzene rings is 2. The Hall–Kier alpha value is -3.08. The summed E-state index contributed by atoms with van der Waals surface area (Å²) in [5.41, 5.74) is 2.31. The van der Waals surface area contributed by atoms with Gasteiger partial charge in [0.2, 0.25) is 0 Å². The van der Waals surface area contributed by atoms with Gasteiger partial charge >= 0.3 is 0 Å². The Morgan fingerprint density at radius 2 is 1.92 bits per heavy atom. The Labute approximate surface area is 151 Å². The lowest BCUT2D eigenvalue weighted by Crippen LogP contribution is -2.42. The molecule has 0 spiro atoms. The molecule has 5 heteroatoms. The monoisotopic (exact) mass is 350 g/mol. The number of ether oxygens (including phenoxy) is 1. The van der Waals surface area contributed by atoms with Crippen LogP contribution in [0, 0.1) is 5.82 Å². The van der Waals surface area contributed by atoms with Crippen molar-refractivity contribution in [1.29, 1.82) is 0 Å². The molecule has 0 saturated heterocycles. The molecular weight excluding hydrogens is 331 g/mol. The zero-order valence-electron chi connectivity index (χ0n) is 14.4. The zero-order chi connectivity index (χ0) is 18.1. The Kier molecular flexibility index (Phi) is 4.21. The van der Waals surface area contributed by atoms with Crippen LogP contribution in [0.1, 0.15) is 27.7 Å². The first kappa shape index (κ1) is 16.4. The molecule has 1 unspecified atom stereocenters. The molecule has 0 radical (unpaired) electrons. The first-order chi connectivity index (χ1) is 12.7. The normalized spacial score (nSPS) is 16.2. The van der Waals surface area contributed by atoms with Gasteiger partial charge in [0.15, 0.2) is 0 Å². The summed E-state index contributed by atoms with van der Waals surface area (Å²) >= 11 is 0. The van der Waals surface area contributed by atoms with Gasteiger partial charge in [-0.05, 0) is 48.0 Å². The molecule has 2 aromatic carbocycles. The van der Waals surface area contributed by atoms with Gasteiger partial charge in [0.05, 0.1) is 13.2 Å². The molecule has 0 aliphatic carbocycles. The van der Waals surface area contributed by atoms with Crippen LogP contribution in [-0.2, 0) is 6.54 Å². The van der Waals surface area contributed by atoms with Crippen molar-refractivity contribution in [1.82, 2.24) is 9.47 Å². The standard InChI is InChI=1S/C21H19FN2O2/c1-26-18-8-3-6-16(14-18)21(25)24-12-11-23-10-4-9-19(23)20(24)15-5-2-7-17(22)13-15/h2-10,13-14,20H,11-12H2,1H3. The van der Waals surface area contributed by atoms with Crippen LogP contribution in [-0.4, -0.2) is 29.0 Å². The van der Waals surface area contributed by atoms with Gasteiger partial charge in [-0.15, -0.1) is 0 Å². The molecular formula is C21H19FN2O2. The van der Waals surface area contributed by atoms with Gasteiger partial charge in [-0.3, -0.25) is 4.79 Å². The fraction of sp³-hybridized carbons (Fsp3) is 0.190. The Balaban J connectivity index is 1.77. The summed E-state index contributed by atoms with van der Waals surface area (Å²) in [7, 11) is 1.58. The highest BCUT2D eigenvalue weighted by molar-refractivity contribution is 5.95. The number of carbonyl (C=O) groups is 1. The van der Waals surface area contributed by atoms with Gasteiger partial charge in [0.25, 0.3) is 5.91 Å². The van der Waals surface area contributed by atoms with Crippen LogP contribution in [0.3, 0.4) is 0 Å². The first-order valence-electron chi connectivity index (χ1n) is 8.53. The minimum atomic E-state index is -0.326. The number of halogens is 1. The van der Waals surface area contributed by atoms with E-state index in [1.165, 1.54) is 12.1 Å². The third-order valence-corrected chi connectivity index (χ3v) is 4.78. The second-order valence-corrected chi connectivity index (χ2v) is 6.31. The molecule has 3 aromatic rings. The minimum Gasteiger partial charge on any atom is -0.497 e. The van der Waals surface area contributed by atoms with Gasteiger partial charge < -0.3 is 14.2 Å². The molecule has 0 saturated carbocycles. The molecule has 4 nitrogen and oxygen atoms in total. The van der Waals surface area contributed by atoms with E-state index in [0.717, 1.165) is 11.3 Å². The number of methoxy groups -OCH3 is 1. The quantitative estimate of drug-likeness (QED) is 0.718. The van der Waals surface area contributed by atoms with E-state index < -0.39 is 0 Å². The van der Waals surface area contributed by atoms with E-state index in [1.807, 2.05) is 30.5 Å². The highest BCUT2D eigenvalue weighted by Gasteiger charge is 2.32. The van der Waals surface area contributed by atoms with Crippen LogP contribution in [0.2, 0.25) is 0 Å². The van der Waals surface area contributed by atoms with Crippen molar-refractivity contribution < 1.29 is 13.9 Å². The van der Waals surface area contributed by atoms with E-state index in [4.69, 9.17) is 4.74 Å². The molecule has 0 bridgehead atoms. The molecule has 2 heterocycles. The lowest BCUT2D eigenvalue weighted by Gasteiger charge is -2.37. The van der Waals surface area contributed by atoms with E-state index >= 15 is 0 Å². The van der Waals surface area contributed by atoms with Gasteiger partial charge in [0.1, 0.15) is 11.6 Å². The fourth-order valence-corrected chi connectivity index (χ4v) is 3.55. The van der Waals surface area contributed by atoms with Crippen molar-refractivity contribution in [2.75, 3.05) is 13.7 Å². The number of rotatable bonds is 3. The maximum atomic E-state index is 13.8. The Morgan fingerprint density at radius 3 is 2.73 bits per heavy atom. The van der Waals surface area contributed by atoms with Gasteiger partial charge in [-0.2, -0.15) is 0 Å². The largest absolute Gasteiger partial charge is 0.497 e. The third kappa shape index (κ3) is 2.86. The number of hydrogen-bond donors (Lipinski definition) is 0. The van der Waals surface area contributed by atoms with Crippen molar-refractivity contribution in [2.45, 2.75) is 12.6 Å². The summed E-state index contributed by atoms with van der Waals surface area (Å²) in [4.78, 5) is 15.0. The highest BCUT2D eigenvalue weighted by Crippen LogP contribution is 2.34. The van der Waals surface area contributed by atoms with Crippen molar-refractivity contribution in [3.8, 4) is 5.75 Å². The second-order valence-electron chi connectivity index (χ2n) is 6.31. The zero-order valence-corrected chi connectivity index (χ0v) is 14.4. The lowest BCUT2D eigenvalue weighted by atomic mass is 9.98. The highest BCUT2D eigenvalue weighted by atomic mass is 19.1. The predicted molar refractivity (Wildman–Crippen MR) is 96.7 cm³/mol. The summed E-state index contributed by atoms with van der Waals surface area (Å²) < 4.78 is 21.2. The van der Waals surface area contributed by atoms with Crippen LogP contribution in [0.15, 0.2) is 66.9 Å². The molecule has 1 aliphatic rings. The third-order valence-electron chi connectivity index (χ3n) is 4.78. The number of carbonyl (C=O) groups excluding carboxylic acids is 1. The van der Waals surface area contributed by atoms with E-state index in [1.54, 1.807) is 36.3 Å². The summed E-state index contributed by atoms with van der Waals surface area (Å²) in [6.07, 6.45) is 2.00. The summed E-state index contributed by atoms with van der Waals surface area (Å²) in [6.45, 7) is 1.27. The minimum absolute atomic E-state index is 0.0920. The van der Waals surface area contributed by atoms with Crippen LogP contribution < -0.4 is 4.74 Å². The lowest BCUT2D eigenvalue weighted by molar-refractivity contribution is 0.0663. The average Bonchev–Trinajstić information content (AvgIpc) is 3.15. The maximum Gasteiger partial charge on any atom is 0.254 e. The number of hydrogen-bond acceptors (Lipinski definition) is 2. The molecule has 132 valence electrons. The fourth-order valence-electron chi connectivity index (χ4n) is 3.55. The van der Waals surface area contributed by atoms with E-state index in [-0.39, 0.29) is 17.8 Å². The van der Waals surface area contributed by atoms with Crippen LogP contribution >= 0.6 is 0 Å². The topological polar surface area (TPSA) is 34.5 Å². The molecule has 1 aromatic heterocycles. The van der Waals surface area contributed by atoms with Gasteiger partial charge in [0, 0.05) is 30.5 Å². The molecule has 4 rings (SSSR count). The number of fused-ring (bicyclic) bond motifs is 1. The second kappa shape index (κ2) is 6.67. The summed E-state index contributed by atoms with van der Waals surface area (Å²) in [5.74, 6) is 0.240. The summed E-state index contributed by atoms with van der Waals surface area (Å²) in [6, 6.07) is 17.2. The molecule has 1 atom stereocenters. The first-order valence-corrected chi connectivity index (χ1v) is 8.53. The van der Waals surface area contributed by atoms with Crippen LogP contribution in [0.4, 0.5) is 4.39 Å². The van der Waals surface area contributed by atoms with Crippen molar-refractivity contribution in [2.24, 2.45) is 0 Å². The predicted octanol–water partition coefficient (Wildman–Crippen LogP) is 3.88. The number of amides is 1. The van der Waals surface area contributed by atoms with Crippen molar-refractivity contribution in [3.63, 3.8) is 0 Å². The molecule has 1 aliphatic heterocycles. The van der Waals surface area contributed by atoms with Crippen LogP contribution in [0.25, 0.3) is 0 Å². The van der Waals surface area contributed by atoms with E-state index in [0.29, 0.717) is 24.4 Å². The number of nitrogens with zero attached hydrogens (tertiary/aromatic N) is 2. The summed E-state index contributed by atoms with van der Waals surface area (Å²) in [5, 5.41) is 0. The van der Waals surface area contributed by atoms with Crippen LogP contribution in [0.5, 0.6) is 5.75 Å². The smallest absolute Gasteiger partial charge is 0.254 e. The Morgan fingerprint density at radius 1 is 1.08 bits per heavy atom. The van der Waals surface area contributed by atoms with E-state index in [9.17, 15) is 9.18 Å².